The number of anilines is 1. The van der Waals surface area contributed by atoms with Crippen LogP contribution in [0.3, 0.4) is 0 Å². The highest BCUT2D eigenvalue weighted by Crippen LogP contribution is 2.22. The molecule has 0 bridgehead atoms. The van der Waals surface area contributed by atoms with Gasteiger partial charge in [0, 0.05) is 31.4 Å². The average Bonchev–Trinajstić information content (AvgIpc) is 2.66. The highest BCUT2D eigenvalue weighted by atomic mass is 16.5. The topological polar surface area (TPSA) is 58.6 Å². The molecule has 2 aliphatic heterocycles. The number of benzene rings is 1. The minimum Gasteiger partial charge on any atom is -0.365 e. The fourth-order valence-electron chi connectivity index (χ4n) is 3.75. The van der Waals surface area contributed by atoms with Crippen LogP contribution in [0.25, 0.3) is 0 Å². The lowest BCUT2D eigenvalue weighted by Crippen LogP contribution is -2.52. The van der Waals surface area contributed by atoms with Crippen LogP contribution in [0.2, 0.25) is 0 Å². The zero-order chi connectivity index (χ0) is 18.1. The molecule has 1 amide bonds. The monoisotopic (exact) mass is 352 g/mol. The van der Waals surface area contributed by atoms with Crippen LogP contribution in [-0.2, 0) is 22.5 Å². The maximum Gasteiger partial charge on any atom is 0.253 e. The summed E-state index contributed by atoms with van der Waals surface area (Å²) in [5.74, 6) is 1.70. The summed E-state index contributed by atoms with van der Waals surface area (Å²) in [5.41, 5.74) is 3.52. The standard InChI is InChI=1S/C20H24N4O2/c1-14-11-19(22-15(2)21-14)23-9-10-26-18(13-23)20(25)24-8-7-16-5-3-4-6-17(16)12-24/h3-6,11,18H,7-10,12-13H2,1-2H3. The molecular formula is C20H24N4O2. The van der Waals surface area contributed by atoms with Gasteiger partial charge in [-0.3, -0.25) is 4.79 Å². The molecule has 1 aromatic carbocycles. The Morgan fingerprint density at radius 1 is 1.15 bits per heavy atom. The molecule has 0 saturated carbocycles. The van der Waals surface area contributed by atoms with E-state index in [2.05, 4.69) is 33.1 Å². The molecule has 2 aliphatic rings. The Kier molecular flexibility index (Phi) is 4.59. The van der Waals surface area contributed by atoms with Gasteiger partial charge in [-0.1, -0.05) is 24.3 Å². The Balaban J connectivity index is 1.47. The van der Waals surface area contributed by atoms with Crippen LogP contribution in [0.4, 0.5) is 5.82 Å². The number of amides is 1. The fraction of sp³-hybridized carbons (Fsp3) is 0.450. The number of nitrogens with zero attached hydrogens (tertiary/aromatic N) is 4. The molecule has 6 heteroatoms. The van der Waals surface area contributed by atoms with E-state index in [-0.39, 0.29) is 5.91 Å². The number of hydrogen-bond donors (Lipinski definition) is 0. The minimum absolute atomic E-state index is 0.0757. The van der Waals surface area contributed by atoms with Crippen molar-refractivity contribution < 1.29 is 9.53 Å². The summed E-state index contributed by atoms with van der Waals surface area (Å²) in [5, 5.41) is 0. The van der Waals surface area contributed by atoms with Gasteiger partial charge in [0.1, 0.15) is 11.6 Å². The summed E-state index contributed by atoms with van der Waals surface area (Å²) in [6, 6.07) is 10.3. The first-order valence-electron chi connectivity index (χ1n) is 9.14. The lowest BCUT2D eigenvalue weighted by Gasteiger charge is -2.37. The molecule has 26 heavy (non-hydrogen) atoms. The third kappa shape index (κ3) is 3.42. The normalized spacial score (nSPS) is 20.0. The van der Waals surface area contributed by atoms with Gasteiger partial charge in [-0.15, -0.1) is 0 Å². The highest BCUT2D eigenvalue weighted by Gasteiger charge is 2.32. The van der Waals surface area contributed by atoms with Gasteiger partial charge >= 0.3 is 0 Å². The molecule has 1 atom stereocenters. The lowest BCUT2D eigenvalue weighted by molar-refractivity contribution is -0.145. The second kappa shape index (κ2) is 7.03. The van der Waals surface area contributed by atoms with Crippen LogP contribution >= 0.6 is 0 Å². The van der Waals surface area contributed by atoms with Crippen LogP contribution in [0.15, 0.2) is 30.3 Å². The Hall–Kier alpha value is -2.47. The molecule has 1 aromatic heterocycles. The quantitative estimate of drug-likeness (QED) is 0.826. The van der Waals surface area contributed by atoms with E-state index in [1.165, 1.54) is 11.1 Å². The molecule has 0 radical (unpaired) electrons. The summed E-state index contributed by atoms with van der Waals surface area (Å²) in [4.78, 5) is 25.9. The first kappa shape index (κ1) is 17.0. The predicted molar refractivity (Wildman–Crippen MR) is 99.0 cm³/mol. The average molecular weight is 352 g/mol. The van der Waals surface area contributed by atoms with Crippen LogP contribution in [0.5, 0.6) is 0 Å². The molecule has 0 N–H and O–H groups in total. The molecule has 3 heterocycles. The smallest absolute Gasteiger partial charge is 0.253 e. The summed E-state index contributed by atoms with van der Waals surface area (Å²) in [6.07, 6.45) is 0.465. The zero-order valence-electron chi connectivity index (χ0n) is 15.3. The van der Waals surface area contributed by atoms with E-state index in [1.54, 1.807) is 0 Å². The van der Waals surface area contributed by atoms with Crippen LogP contribution in [0, 0.1) is 13.8 Å². The first-order chi connectivity index (χ1) is 12.6. The summed E-state index contributed by atoms with van der Waals surface area (Å²) >= 11 is 0. The molecule has 0 spiro atoms. The molecule has 6 nitrogen and oxygen atoms in total. The van der Waals surface area contributed by atoms with E-state index < -0.39 is 6.10 Å². The Morgan fingerprint density at radius 2 is 1.96 bits per heavy atom. The number of carbonyl (C=O) groups excluding carboxylic acids is 1. The van der Waals surface area contributed by atoms with Crippen molar-refractivity contribution in [3.8, 4) is 0 Å². The van der Waals surface area contributed by atoms with Crippen molar-refractivity contribution in [3.05, 3.63) is 53.0 Å². The summed E-state index contributed by atoms with van der Waals surface area (Å²) in [7, 11) is 0. The summed E-state index contributed by atoms with van der Waals surface area (Å²) < 4.78 is 5.82. The van der Waals surface area contributed by atoms with Crippen molar-refractivity contribution >= 4 is 11.7 Å². The first-order valence-corrected chi connectivity index (χ1v) is 9.14. The van der Waals surface area contributed by atoms with Gasteiger partial charge in [0.15, 0.2) is 6.10 Å². The van der Waals surface area contributed by atoms with E-state index in [9.17, 15) is 4.79 Å². The third-order valence-corrected chi connectivity index (χ3v) is 5.06. The molecule has 1 fully saturated rings. The van der Waals surface area contributed by atoms with Gasteiger partial charge < -0.3 is 14.5 Å². The van der Waals surface area contributed by atoms with Crippen molar-refractivity contribution in [2.45, 2.75) is 32.9 Å². The number of carbonyl (C=O) groups is 1. The number of ether oxygens (including phenoxy) is 1. The molecule has 1 saturated heterocycles. The van der Waals surface area contributed by atoms with Gasteiger partial charge in [-0.05, 0) is 31.4 Å². The molecule has 0 aliphatic carbocycles. The maximum atomic E-state index is 13.0. The SMILES string of the molecule is Cc1cc(N2CCOC(C(=O)N3CCc4ccccc4C3)C2)nc(C)n1. The zero-order valence-corrected chi connectivity index (χ0v) is 15.3. The molecule has 4 rings (SSSR count). The molecule has 2 aromatic rings. The van der Waals surface area contributed by atoms with Crippen molar-refractivity contribution in [1.29, 1.82) is 0 Å². The Bertz CT molecular complexity index is 803. The number of morpholine rings is 1. The predicted octanol–water partition coefficient (Wildman–Crippen LogP) is 1.88. The highest BCUT2D eigenvalue weighted by molar-refractivity contribution is 5.82. The lowest BCUT2D eigenvalue weighted by atomic mass is 9.99. The van der Waals surface area contributed by atoms with Crippen molar-refractivity contribution in [2.24, 2.45) is 0 Å². The van der Waals surface area contributed by atoms with E-state index in [1.807, 2.05) is 30.9 Å². The van der Waals surface area contributed by atoms with Gasteiger partial charge in [0.2, 0.25) is 0 Å². The number of aryl methyl sites for hydroxylation is 2. The maximum absolute atomic E-state index is 13.0. The van der Waals surface area contributed by atoms with Crippen molar-refractivity contribution in [1.82, 2.24) is 14.9 Å². The second-order valence-electron chi connectivity index (χ2n) is 7.00. The van der Waals surface area contributed by atoms with E-state index in [0.29, 0.717) is 19.7 Å². The van der Waals surface area contributed by atoms with E-state index in [0.717, 1.165) is 36.8 Å². The number of aromatic nitrogens is 2. The molecule has 136 valence electrons. The van der Waals surface area contributed by atoms with Gasteiger partial charge in [-0.2, -0.15) is 0 Å². The molecular weight excluding hydrogens is 328 g/mol. The van der Waals surface area contributed by atoms with E-state index in [4.69, 9.17) is 4.74 Å². The number of hydrogen-bond acceptors (Lipinski definition) is 5. The number of fused-ring (bicyclic) bond motifs is 1. The van der Waals surface area contributed by atoms with Crippen molar-refractivity contribution in [3.63, 3.8) is 0 Å². The fourth-order valence-corrected chi connectivity index (χ4v) is 3.75. The number of rotatable bonds is 2. The third-order valence-electron chi connectivity index (χ3n) is 5.06. The molecule has 1 unspecified atom stereocenters. The van der Waals surface area contributed by atoms with Gasteiger partial charge in [0.25, 0.3) is 5.91 Å². The Morgan fingerprint density at radius 3 is 2.77 bits per heavy atom. The van der Waals surface area contributed by atoms with E-state index >= 15 is 0 Å². The summed E-state index contributed by atoms with van der Waals surface area (Å²) in [6.45, 7) is 7.08. The van der Waals surface area contributed by atoms with Crippen LogP contribution in [0.1, 0.15) is 22.6 Å². The largest absolute Gasteiger partial charge is 0.365 e. The minimum atomic E-state index is -0.440. The van der Waals surface area contributed by atoms with Gasteiger partial charge in [0.05, 0.1) is 13.2 Å². The second-order valence-corrected chi connectivity index (χ2v) is 7.00. The van der Waals surface area contributed by atoms with Crippen LogP contribution < -0.4 is 4.90 Å². The van der Waals surface area contributed by atoms with Gasteiger partial charge in [-0.25, -0.2) is 9.97 Å². The van der Waals surface area contributed by atoms with Crippen molar-refractivity contribution in [2.75, 3.05) is 31.1 Å². The van der Waals surface area contributed by atoms with Crippen LogP contribution in [-0.4, -0.2) is 53.1 Å². The Labute approximate surface area is 153 Å².